The Morgan fingerprint density at radius 1 is 0.914 bits per heavy atom. The average molecular weight is 475 g/mol. The summed E-state index contributed by atoms with van der Waals surface area (Å²) in [6.07, 6.45) is 0. The second-order valence-corrected chi connectivity index (χ2v) is 8.09. The zero-order valence-electron chi connectivity index (χ0n) is 19.2. The number of urea groups is 1. The number of hydrogen-bond acceptors (Lipinski definition) is 7. The summed E-state index contributed by atoms with van der Waals surface area (Å²) in [7, 11) is 1.49. The van der Waals surface area contributed by atoms with Crippen LogP contribution in [0, 0.1) is 13.8 Å². The van der Waals surface area contributed by atoms with E-state index in [0.717, 1.165) is 16.3 Å². The Labute approximate surface area is 200 Å². The molecule has 5 rings (SSSR count). The average Bonchev–Trinajstić information content (AvgIpc) is 3.50. The van der Waals surface area contributed by atoms with E-state index in [-0.39, 0.29) is 12.5 Å². The predicted molar refractivity (Wildman–Crippen MR) is 123 cm³/mol. The van der Waals surface area contributed by atoms with E-state index in [2.05, 4.69) is 0 Å². The van der Waals surface area contributed by atoms with Gasteiger partial charge in [-0.25, -0.2) is 14.6 Å². The number of hydrogen-bond donors (Lipinski definition) is 0. The number of amides is 4. The summed E-state index contributed by atoms with van der Waals surface area (Å²) >= 11 is 0. The van der Waals surface area contributed by atoms with Gasteiger partial charge in [0.05, 0.1) is 19.3 Å². The van der Waals surface area contributed by atoms with Crippen LogP contribution in [0.15, 0.2) is 48.5 Å². The van der Waals surface area contributed by atoms with Gasteiger partial charge in [0.2, 0.25) is 6.79 Å². The quantitative estimate of drug-likeness (QED) is 0.306. The van der Waals surface area contributed by atoms with Gasteiger partial charge in [-0.05, 0) is 56.3 Å². The molecule has 2 aromatic carbocycles. The number of ketones is 1. The second-order valence-electron chi connectivity index (χ2n) is 8.09. The van der Waals surface area contributed by atoms with E-state index in [1.54, 1.807) is 31.2 Å². The van der Waals surface area contributed by atoms with Gasteiger partial charge in [-0.3, -0.25) is 14.4 Å². The van der Waals surface area contributed by atoms with Gasteiger partial charge in [0.15, 0.2) is 17.3 Å². The molecule has 10 heteroatoms. The summed E-state index contributed by atoms with van der Waals surface area (Å²) in [5.74, 6) is -0.749. The van der Waals surface area contributed by atoms with E-state index in [4.69, 9.17) is 14.2 Å². The molecule has 3 heterocycles. The van der Waals surface area contributed by atoms with Crippen LogP contribution in [-0.2, 0) is 9.59 Å². The number of carbonyl (C=O) groups is 4. The lowest BCUT2D eigenvalue weighted by Gasteiger charge is -2.15. The third kappa shape index (κ3) is 3.59. The molecule has 0 aliphatic carbocycles. The zero-order chi connectivity index (χ0) is 24.9. The SMILES string of the molecule is COc1ccc(N2C(=O)C(=O)N(CC(=O)c3cc(C)n(-c4ccc5c(c4)OCO5)c3C)C2=O)cc1. The van der Waals surface area contributed by atoms with E-state index >= 15 is 0 Å². The van der Waals surface area contributed by atoms with Crippen LogP contribution < -0.4 is 19.1 Å². The molecule has 0 radical (unpaired) electrons. The van der Waals surface area contributed by atoms with Crippen molar-refractivity contribution in [3.05, 3.63) is 65.5 Å². The van der Waals surface area contributed by atoms with Gasteiger partial charge in [-0.15, -0.1) is 0 Å². The number of rotatable bonds is 6. The van der Waals surface area contributed by atoms with Crippen LogP contribution in [-0.4, -0.2) is 53.5 Å². The molecule has 1 fully saturated rings. The Balaban J connectivity index is 1.40. The van der Waals surface area contributed by atoms with Gasteiger partial charge in [0.25, 0.3) is 0 Å². The summed E-state index contributed by atoms with van der Waals surface area (Å²) in [6.45, 7) is 3.21. The van der Waals surface area contributed by atoms with E-state index in [9.17, 15) is 19.2 Å². The molecule has 3 aromatic rings. The highest BCUT2D eigenvalue weighted by atomic mass is 16.7. The molecule has 35 heavy (non-hydrogen) atoms. The van der Waals surface area contributed by atoms with Crippen molar-refractivity contribution in [1.82, 2.24) is 9.47 Å². The summed E-state index contributed by atoms with van der Waals surface area (Å²) in [5.41, 5.74) is 2.74. The van der Waals surface area contributed by atoms with Crippen LogP contribution in [0.3, 0.4) is 0 Å². The molecule has 178 valence electrons. The van der Waals surface area contributed by atoms with Crippen LogP contribution in [0.1, 0.15) is 21.7 Å². The van der Waals surface area contributed by atoms with E-state index in [1.807, 2.05) is 23.6 Å². The van der Waals surface area contributed by atoms with Crippen molar-refractivity contribution in [2.75, 3.05) is 25.3 Å². The number of anilines is 1. The summed E-state index contributed by atoms with van der Waals surface area (Å²) in [4.78, 5) is 52.7. The highest BCUT2D eigenvalue weighted by Crippen LogP contribution is 2.35. The van der Waals surface area contributed by atoms with Gasteiger partial charge in [0.1, 0.15) is 5.75 Å². The molecule has 10 nitrogen and oxygen atoms in total. The summed E-state index contributed by atoms with van der Waals surface area (Å²) in [5, 5.41) is 0. The molecule has 0 saturated carbocycles. The maximum atomic E-state index is 13.2. The monoisotopic (exact) mass is 475 g/mol. The van der Waals surface area contributed by atoms with Crippen LogP contribution >= 0.6 is 0 Å². The van der Waals surface area contributed by atoms with Crippen molar-refractivity contribution in [2.45, 2.75) is 13.8 Å². The van der Waals surface area contributed by atoms with E-state index in [1.165, 1.54) is 19.2 Å². The lowest BCUT2D eigenvalue weighted by Crippen LogP contribution is -2.37. The minimum Gasteiger partial charge on any atom is -0.497 e. The number of Topliss-reactive ketones (excluding diaryl/α,β-unsaturated/α-hetero) is 1. The van der Waals surface area contributed by atoms with Crippen molar-refractivity contribution in [3.8, 4) is 22.9 Å². The molecule has 2 aliphatic heterocycles. The Kier molecular flexibility index (Phi) is 5.28. The summed E-state index contributed by atoms with van der Waals surface area (Å²) in [6, 6.07) is 12.4. The number of fused-ring (bicyclic) bond motifs is 1. The molecule has 0 bridgehead atoms. The first-order valence-corrected chi connectivity index (χ1v) is 10.8. The smallest absolute Gasteiger partial charge is 0.339 e. The van der Waals surface area contributed by atoms with E-state index < -0.39 is 30.2 Å². The zero-order valence-corrected chi connectivity index (χ0v) is 19.2. The summed E-state index contributed by atoms with van der Waals surface area (Å²) < 4.78 is 17.8. The Hall–Kier alpha value is -4.60. The molecular weight excluding hydrogens is 454 g/mol. The Bertz CT molecular complexity index is 1390. The predicted octanol–water partition coefficient (Wildman–Crippen LogP) is 3.01. The van der Waals surface area contributed by atoms with Gasteiger partial charge >= 0.3 is 17.8 Å². The van der Waals surface area contributed by atoms with Gasteiger partial charge in [0, 0.05) is 28.7 Å². The molecule has 0 spiro atoms. The number of ether oxygens (including phenoxy) is 3. The van der Waals surface area contributed by atoms with Crippen LogP contribution in [0.4, 0.5) is 10.5 Å². The van der Waals surface area contributed by atoms with Crippen molar-refractivity contribution in [3.63, 3.8) is 0 Å². The first-order valence-electron chi connectivity index (χ1n) is 10.8. The lowest BCUT2D eigenvalue weighted by atomic mass is 10.1. The van der Waals surface area contributed by atoms with Crippen molar-refractivity contribution in [1.29, 1.82) is 0 Å². The number of benzene rings is 2. The minimum absolute atomic E-state index is 0.149. The first kappa shape index (κ1) is 22.2. The molecule has 1 saturated heterocycles. The van der Waals surface area contributed by atoms with Gasteiger partial charge in [-0.2, -0.15) is 0 Å². The maximum Gasteiger partial charge on any atom is 0.339 e. The fourth-order valence-corrected chi connectivity index (χ4v) is 4.30. The lowest BCUT2D eigenvalue weighted by molar-refractivity contribution is -0.139. The number of imide groups is 2. The van der Waals surface area contributed by atoms with Crippen LogP contribution in [0.5, 0.6) is 17.2 Å². The molecule has 0 atom stereocenters. The number of aryl methyl sites for hydroxylation is 1. The van der Waals surface area contributed by atoms with Crippen molar-refractivity contribution < 1.29 is 33.4 Å². The second kappa shape index (κ2) is 8.32. The fourth-order valence-electron chi connectivity index (χ4n) is 4.30. The minimum atomic E-state index is -1.05. The topological polar surface area (TPSA) is 107 Å². The van der Waals surface area contributed by atoms with E-state index in [0.29, 0.717) is 33.4 Å². The largest absolute Gasteiger partial charge is 0.497 e. The number of aromatic nitrogens is 1. The standard InChI is InChI=1S/C25H21N3O7/c1-14-10-19(15(2)27(14)17-6-9-21-22(11-17)35-13-34-21)20(29)12-26-23(30)24(31)28(25(26)32)16-4-7-18(33-3)8-5-16/h4-11H,12-13H2,1-3H3. The Morgan fingerprint density at radius 2 is 1.60 bits per heavy atom. The maximum absolute atomic E-state index is 13.2. The highest BCUT2D eigenvalue weighted by molar-refractivity contribution is 6.53. The number of nitrogens with zero attached hydrogens (tertiary/aromatic N) is 3. The fraction of sp³-hybridized carbons (Fsp3) is 0.200. The molecule has 0 N–H and O–H groups in total. The third-order valence-corrected chi connectivity index (χ3v) is 6.03. The number of methoxy groups -OCH3 is 1. The van der Waals surface area contributed by atoms with Gasteiger partial charge in [-0.1, -0.05) is 0 Å². The Morgan fingerprint density at radius 3 is 2.31 bits per heavy atom. The van der Waals surface area contributed by atoms with Crippen molar-refractivity contribution in [2.24, 2.45) is 0 Å². The van der Waals surface area contributed by atoms with Gasteiger partial charge < -0.3 is 18.8 Å². The molecule has 1 aromatic heterocycles. The molecular formula is C25H21N3O7. The third-order valence-electron chi connectivity index (χ3n) is 6.03. The van der Waals surface area contributed by atoms with Crippen molar-refractivity contribution >= 4 is 29.3 Å². The molecule has 0 unspecified atom stereocenters. The van der Waals surface area contributed by atoms with Crippen LogP contribution in [0.25, 0.3) is 5.69 Å². The molecule has 4 amide bonds. The number of carbonyl (C=O) groups excluding carboxylic acids is 4. The molecule has 2 aliphatic rings. The highest BCUT2D eigenvalue weighted by Gasteiger charge is 2.46. The first-order chi connectivity index (χ1) is 16.8. The van der Waals surface area contributed by atoms with Crippen LogP contribution in [0.2, 0.25) is 0 Å². The normalized spacial score (nSPS) is 14.8.